The number of hydrogen-bond donors (Lipinski definition) is 1. The van der Waals surface area contributed by atoms with Crippen LogP contribution in [0, 0.1) is 0 Å². The Hall–Kier alpha value is -1.23. The fraction of sp³-hybridized carbons (Fsp3) is 0.600. The van der Waals surface area contributed by atoms with Crippen LogP contribution >= 0.6 is 0 Å². The molecule has 0 heterocycles. The van der Waals surface area contributed by atoms with Gasteiger partial charge in [-0.05, 0) is 45.0 Å². The summed E-state index contributed by atoms with van der Waals surface area (Å²) in [6, 6.07) is 8.05. The van der Waals surface area contributed by atoms with Gasteiger partial charge in [0, 0.05) is 36.3 Å². The molecule has 20 heavy (non-hydrogen) atoms. The van der Waals surface area contributed by atoms with E-state index in [2.05, 4.69) is 36.2 Å². The maximum atomic E-state index is 11.6. The summed E-state index contributed by atoms with van der Waals surface area (Å²) in [7, 11) is -2.94. The SMILES string of the molecule is CCN(CC)c1ccc(NC(C)CS(=O)(=O)CC)cc1. The third kappa shape index (κ3) is 5.04. The van der Waals surface area contributed by atoms with Crippen molar-refractivity contribution in [3.05, 3.63) is 24.3 Å². The number of sulfone groups is 1. The molecule has 0 aliphatic rings. The minimum absolute atomic E-state index is 0.0840. The average molecular weight is 298 g/mol. The predicted molar refractivity (Wildman–Crippen MR) is 87.4 cm³/mol. The van der Waals surface area contributed by atoms with Crippen molar-refractivity contribution in [2.45, 2.75) is 33.7 Å². The lowest BCUT2D eigenvalue weighted by atomic mass is 10.2. The zero-order valence-electron chi connectivity index (χ0n) is 12.9. The Labute approximate surface area is 123 Å². The lowest BCUT2D eigenvalue weighted by Crippen LogP contribution is -2.26. The van der Waals surface area contributed by atoms with Gasteiger partial charge >= 0.3 is 0 Å². The van der Waals surface area contributed by atoms with E-state index in [1.165, 1.54) is 5.69 Å². The lowest BCUT2D eigenvalue weighted by molar-refractivity contribution is 0.593. The summed E-state index contributed by atoms with van der Waals surface area (Å²) in [5.74, 6) is 0.362. The van der Waals surface area contributed by atoms with E-state index in [0.717, 1.165) is 18.8 Å². The van der Waals surface area contributed by atoms with Crippen LogP contribution in [-0.4, -0.2) is 39.1 Å². The Kier molecular flexibility index (Phi) is 6.33. The maximum absolute atomic E-state index is 11.6. The number of anilines is 2. The van der Waals surface area contributed by atoms with Gasteiger partial charge in [0.05, 0.1) is 5.75 Å². The normalized spacial score (nSPS) is 13.0. The van der Waals surface area contributed by atoms with Gasteiger partial charge < -0.3 is 10.2 Å². The van der Waals surface area contributed by atoms with Crippen LogP contribution < -0.4 is 10.2 Å². The van der Waals surface area contributed by atoms with Crippen LogP contribution in [-0.2, 0) is 9.84 Å². The van der Waals surface area contributed by atoms with Gasteiger partial charge in [-0.1, -0.05) is 6.92 Å². The van der Waals surface area contributed by atoms with Crippen LogP contribution in [0.2, 0.25) is 0 Å². The van der Waals surface area contributed by atoms with Crippen molar-refractivity contribution in [2.24, 2.45) is 0 Å². The van der Waals surface area contributed by atoms with Crippen LogP contribution in [0.25, 0.3) is 0 Å². The van der Waals surface area contributed by atoms with Crippen LogP contribution in [0.1, 0.15) is 27.7 Å². The third-order valence-corrected chi connectivity index (χ3v) is 5.24. The molecule has 1 N–H and O–H groups in total. The number of nitrogens with zero attached hydrogens (tertiary/aromatic N) is 1. The van der Waals surface area contributed by atoms with Crippen molar-refractivity contribution in [2.75, 3.05) is 34.8 Å². The second-order valence-corrected chi connectivity index (χ2v) is 7.36. The Morgan fingerprint density at radius 2 is 1.65 bits per heavy atom. The molecule has 0 saturated carbocycles. The summed E-state index contributed by atoms with van der Waals surface area (Å²) in [5.41, 5.74) is 2.15. The van der Waals surface area contributed by atoms with Crippen LogP contribution in [0.5, 0.6) is 0 Å². The van der Waals surface area contributed by atoms with E-state index in [1.807, 2.05) is 19.1 Å². The highest BCUT2D eigenvalue weighted by Crippen LogP contribution is 2.18. The van der Waals surface area contributed by atoms with E-state index in [4.69, 9.17) is 0 Å². The van der Waals surface area contributed by atoms with Crippen molar-refractivity contribution in [3.8, 4) is 0 Å². The fourth-order valence-electron chi connectivity index (χ4n) is 2.18. The Balaban J connectivity index is 2.66. The zero-order valence-corrected chi connectivity index (χ0v) is 13.7. The molecule has 1 aromatic carbocycles. The molecule has 1 atom stereocenters. The lowest BCUT2D eigenvalue weighted by Gasteiger charge is -2.22. The van der Waals surface area contributed by atoms with Gasteiger partial charge in [0.2, 0.25) is 0 Å². The van der Waals surface area contributed by atoms with Crippen molar-refractivity contribution < 1.29 is 8.42 Å². The maximum Gasteiger partial charge on any atom is 0.152 e. The third-order valence-electron chi connectivity index (χ3n) is 3.35. The van der Waals surface area contributed by atoms with Gasteiger partial charge in [-0.3, -0.25) is 0 Å². The molecule has 5 heteroatoms. The van der Waals surface area contributed by atoms with E-state index in [-0.39, 0.29) is 17.5 Å². The molecule has 1 unspecified atom stereocenters. The Bertz CT molecular complexity index is 493. The average Bonchev–Trinajstić information content (AvgIpc) is 2.41. The molecule has 0 aromatic heterocycles. The summed E-state index contributed by atoms with van der Waals surface area (Å²) >= 11 is 0. The van der Waals surface area contributed by atoms with E-state index >= 15 is 0 Å². The molecule has 4 nitrogen and oxygen atoms in total. The molecule has 1 aromatic rings. The van der Waals surface area contributed by atoms with Crippen molar-refractivity contribution >= 4 is 21.2 Å². The first kappa shape index (κ1) is 16.8. The highest BCUT2D eigenvalue weighted by Gasteiger charge is 2.13. The monoisotopic (exact) mass is 298 g/mol. The molecule has 0 radical (unpaired) electrons. The van der Waals surface area contributed by atoms with Gasteiger partial charge in [0.1, 0.15) is 0 Å². The Morgan fingerprint density at radius 1 is 1.10 bits per heavy atom. The second kappa shape index (κ2) is 7.53. The summed E-state index contributed by atoms with van der Waals surface area (Å²) in [6.45, 7) is 9.80. The topological polar surface area (TPSA) is 49.4 Å². The van der Waals surface area contributed by atoms with E-state index < -0.39 is 9.84 Å². The highest BCUT2D eigenvalue weighted by atomic mass is 32.2. The molecule has 0 aliphatic carbocycles. The minimum atomic E-state index is -2.94. The van der Waals surface area contributed by atoms with Crippen molar-refractivity contribution in [3.63, 3.8) is 0 Å². The van der Waals surface area contributed by atoms with E-state index in [1.54, 1.807) is 6.92 Å². The predicted octanol–water partition coefficient (Wildman–Crippen LogP) is 2.77. The standard InChI is InChI=1S/C15H26N2O2S/c1-5-17(6-2)15-10-8-14(9-11-15)16-13(4)12-20(18,19)7-3/h8-11,13,16H,5-7,12H2,1-4H3. The number of rotatable bonds is 8. The van der Waals surface area contributed by atoms with Gasteiger partial charge in [-0.15, -0.1) is 0 Å². The molecule has 0 bridgehead atoms. The van der Waals surface area contributed by atoms with Crippen LogP contribution in [0.3, 0.4) is 0 Å². The van der Waals surface area contributed by atoms with Gasteiger partial charge in [0.15, 0.2) is 9.84 Å². The van der Waals surface area contributed by atoms with Gasteiger partial charge in [-0.2, -0.15) is 0 Å². The summed E-state index contributed by atoms with van der Waals surface area (Å²) in [4.78, 5) is 2.27. The summed E-state index contributed by atoms with van der Waals surface area (Å²) in [5, 5.41) is 3.24. The van der Waals surface area contributed by atoms with Crippen molar-refractivity contribution in [1.29, 1.82) is 0 Å². The first-order chi connectivity index (χ1) is 9.41. The molecule has 0 saturated heterocycles. The molecule has 0 aliphatic heterocycles. The molecule has 114 valence electrons. The van der Waals surface area contributed by atoms with Gasteiger partial charge in [-0.25, -0.2) is 8.42 Å². The fourth-order valence-corrected chi connectivity index (χ4v) is 3.26. The smallest absolute Gasteiger partial charge is 0.152 e. The molecular formula is C15H26N2O2S. The summed E-state index contributed by atoms with van der Waals surface area (Å²) in [6.07, 6.45) is 0. The first-order valence-electron chi connectivity index (χ1n) is 7.23. The van der Waals surface area contributed by atoms with Crippen LogP contribution in [0.4, 0.5) is 11.4 Å². The largest absolute Gasteiger partial charge is 0.382 e. The van der Waals surface area contributed by atoms with Gasteiger partial charge in [0.25, 0.3) is 0 Å². The van der Waals surface area contributed by atoms with E-state index in [9.17, 15) is 8.42 Å². The quantitative estimate of drug-likeness (QED) is 0.802. The highest BCUT2D eigenvalue weighted by molar-refractivity contribution is 7.91. The second-order valence-electron chi connectivity index (χ2n) is 4.96. The minimum Gasteiger partial charge on any atom is -0.382 e. The zero-order chi connectivity index (χ0) is 15.2. The van der Waals surface area contributed by atoms with E-state index in [0.29, 0.717) is 0 Å². The molecular weight excluding hydrogens is 272 g/mol. The molecule has 0 spiro atoms. The number of hydrogen-bond acceptors (Lipinski definition) is 4. The molecule has 0 amide bonds. The number of nitrogens with one attached hydrogen (secondary N) is 1. The Morgan fingerprint density at radius 3 is 2.10 bits per heavy atom. The number of benzene rings is 1. The van der Waals surface area contributed by atoms with Crippen molar-refractivity contribution in [1.82, 2.24) is 0 Å². The molecule has 1 rings (SSSR count). The van der Waals surface area contributed by atoms with Crippen LogP contribution in [0.15, 0.2) is 24.3 Å². The molecule has 0 fully saturated rings. The first-order valence-corrected chi connectivity index (χ1v) is 9.06. The summed E-state index contributed by atoms with van der Waals surface area (Å²) < 4.78 is 23.1.